The molecule has 0 heterocycles. The van der Waals surface area contributed by atoms with E-state index in [1.165, 1.54) is 12.1 Å². The predicted octanol–water partition coefficient (Wildman–Crippen LogP) is 2.79. The minimum Gasteiger partial charge on any atom is -0.396 e. The van der Waals surface area contributed by atoms with Crippen LogP contribution in [0, 0.1) is 0 Å². The minimum absolute atomic E-state index is 0.128. The third-order valence-electron chi connectivity index (χ3n) is 1.54. The van der Waals surface area contributed by atoms with Gasteiger partial charge in [0.2, 0.25) is 0 Å². The van der Waals surface area contributed by atoms with Crippen LogP contribution in [0.4, 0.5) is 13.2 Å². The summed E-state index contributed by atoms with van der Waals surface area (Å²) in [6.45, 7) is -0.128. The summed E-state index contributed by atoms with van der Waals surface area (Å²) in [6, 6.07) is 5.35. The molecule has 1 aromatic rings. The van der Waals surface area contributed by atoms with Crippen molar-refractivity contribution in [3.05, 3.63) is 29.8 Å². The normalized spacial score (nSPS) is 11.7. The Kier molecular flexibility index (Phi) is 3.83. The Hall–Kier alpha value is -0.680. The number of aliphatic hydroxyl groups is 1. The molecule has 0 aliphatic carbocycles. The zero-order chi connectivity index (χ0) is 10.6. The Bertz CT molecular complexity index is 298. The van der Waals surface area contributed by atoms with Gasteiger partial charge in [0, 0.05) is 10.6 Å². The Morgan fingerprint density at radius 2 is 1.86 bits per heavy atom. The number of halogens is 3. The average Bonchev–Trinajstić information content (AvgIpc) is 2.14. The molecule has 0 amide bonds. The molecule has 0 aromatic heterocycles. The number of aliphatic hydroxyl groups excluding tert-OH is 1. The first-order valence-electron chi connectivity index (χ1n) is 3.95. The highest BCUT2D eigenvalue weighted by Crippen LogP contribution is 2.36. The standard InChI is InChI=1S/C9H9F3OS/c10-9(11,12)7-3-1-2-4-8(7)14-6-5-13/h1-4,13H,5-6H2. The lowest BCUT2D eigenvalue weighted by molar-refractivity contribution is -0.139. The van der Waals surface area contributed by atoms with E-state index in [-0.39, 0.29) is 17.3 Å². The Balaban J connectivity index is 2.92. The molecule has 0 unspecified atom stereocenters. The van der Waals surface area contributed by atoms with E-state index >= 15 is 0 Å². The van der Waals surface area contributed by atoms with Crippen molar-refractivity contribution in [1.29, 1.82) is 0 Å². The molecule has 0 radical (unpaired) electrons. The van der Waals surface area contributed by atoms with Gasteiger partial charge in [-0.15, -0.1) is 11.8 Å². The first-order chi connectivity index (χ1) is 6.55. The Morgan fingerprint density at radius 1 is 1.21 bits per heavy atom. The smallest absolute Gasteiger partial charge is 0.396 e. The highest BCUT2D eigenvalue weighted by molar-refractivity contribution is 7.99. The topological polar surface area (TPSA) is 20.2 Å². The summed E-state index contributed by atoms with van der Waals surface area (Å²) >= 11 is 1.00. The van der Waals surface area contributed by atoms with Crippen LogP contribution >= 0.6 is 11.8 Å². The third kappa shape index (κ3) is 2.92. The van der Waals surface area contributed by atoms with Crippen molar-refractivity contribution in [2.24, 2.45) is 0 Å². The summed E-state index contributed by atoms with van der Waals surface area (Å²) in [5, 5.41) is 8.52. The first kappa shape index (κ1) is 11.4. The van der Waals surface area contributed by atoms with Crippen LogP contribution < -0.4 is 0 Å². The zero-order valence-electron chi connectivity index (χ0n) is 7.21. The maximum absolute atomic E-state index is 12.4. The second kappa shape index (κ2) is 4.70. The summed E-state index contributed by atoms with van der Waals surface area (Å²) < 4.78 is 37.2. The van der Waals surface area contributed by atoms with Crippen molar-refractivity contribution in [1.82, 2.24) is 0 Å². The van der Waals surface area contributed by atoms with E-state index in [0.29, 0.717) is 0 Å². The molecule has 14 heavy (non-hydrogen) atoms. The van der Waals surface area contributed by atoms with E-state index in [1.54, 1.807) is 6.07 Å². The molecule has 1 aromatic carbocycles. The lowest BCUT2D eigenvalue weighted by atomic mass is 10.2. The van der Waals surface area contributed by atoms with Gasteiger partial charge in [-0.05, 0) is 12.1 Å². The fourth-order valence-corrected chi connectivity index (χ4v) is 1.81. The maximum atomic E-state index is 12.4. The van der Waals surface area contributed by atoms with Crippen molar-refractivity contribution in [2.45, 2.75) is 11.1 Å². The molecule has 1 rings (SSSR count). The lowest BCUT2D eigenvalue weighted by Gasteiger charge is -2.11. The van der Waals surface area contributed by atoms with Crippen molar-refractivity contribution in [2.75, 3.05) is 12.4 Å². The quantitative estimate of drug-likeness (QED) is 0.793. The van der Waals surface area contributed by atoms with E-state index in [4.69, 9.17) is 5.11 Å². The van der Waals surface area contributed by atoms with Gasteiger partial charge in [-0.25, -0.2) is 0 Å². The van der Waals surface area contributed by atoms with Crippen LogP contribution in [0.15, 0.2) is 29.2 Å². The van der Waals surface area contributed by atoms with E-state index < -0.39 is 11.7 Å². The van der Waals surface area contributed by atoms with E-state index in [1.807, 2.05) is 0 Å². The van der Waals surface area contributed by atoms with Gasteiger partial charge in [0.05, 0.1) is 12.2 Å². The van der Waals surface area contributed by atoms with E-state index in [2.05, 4.69) is 0 Å². The molecular weight excluding hydrogens is 213 g/mol. The van der Waals surface area contributed by atoms with Crippen molar-refractivity contribution >= 4 is 11.8 Å². The van der Waals surface area contributed by atoms with Gasteiger partial charge in [0.25, 0.3) is 0 Å². The lowest BCUT2D eigenvalue weighted by Crippen LogP contribution is -2.06. The highest BCUT2D eigenvalue weighted by Gasteiger charge is 2.32. The molecule has 0 fully saturated rings. The SMILES string of the molecule is OCCSc1ccccc1C(F)(F)F. The fourth-order valence-electron chi connectivity index (χ4n) is 0.982. The van der Waals surface area contributed by atoms with Crippen LogP contribution in [0.2, 0.25) is 0 Å². The molecule has 0 atom stereocenters. The van der Waals surface area contributed by atoms with Crippen LogP contribution in [0.1, 0.15) is 5.56 Å². The van der Waals surface area contributed by atoms with Crippen LogP contribution in [-0.4, -0.2) is 17.5 Å². The van der Waals surface area contributed by atoms with E-state index in [9.17, 15) is 13.2 Å². The van der Waals surface area contributed by atoms with E-state index in [0.717, 1.165) is 17.8 Å². The summed E-state index contributed by atoms with van der Waals surface area (Å²) in [5.41, 5.74) is -0.640. The van der Waals surface area contributed by atoms with Crippen molar-refractivity contribution in [3.63, 3.8) is 0 Å². The van der Waals surface area contributed by atoms with Gasteiger partial charge >= 0.3 is 6.18 Å². The van der Waals surface area contributed by atoms with Gasteiger partial charge in [0.1, 0.15) is 0 Å². The molecule has 1 N–H and O–H groups in total. The number of rotatable bonds is 3. The highest BCUT2D eigenvalue weighted by atomic mass is 32.2. The van der Waals surface area contributed by atoms with Crippen molar-refractivity contribution in [3.8, 4) is 0 Å². The molecular formula is C9H9F3OS. The second-order valence-electron chi connectivity index (χ2n) is 2.57. The van der Waals surface area contributed by atoms with Crippen LogP contribution in [0.25, 0.3) is 0 Å². The molecule has 0 aliphatic rings. The second-order valence-corrected chi connectivity index (χ2v) is 3.70. The number of benzene rings is 1. The number of alkyl halides is 3. The van der Waals surface area contributed by atoms with Crippen LogP contribution in [0.5, 0.6) is 0 Å². The molecule has 0 spiro atoms. The molecule has 0 aliphatic heterocycles. The summed E-state index contributed by atoms with van der Waals surface area (Å²) in [6.07, 6.45) is -4.32. The summed E-state index contributed by atoms with van der Waals surface area (Å²) in [5.74, 6) is 0.271. The molecule has 1 nitrogen and oxygen atoms in total. The summed E-state index contributed by atoms with van der Waals surface area (Å²) in [7, 11) is 0. The Labute approximate surface area is 83.9 Å². The van der Waals surface area contributed by atoms with Gasteiger partial charge in [-0.3, -0.25) is 0 Å². The zero-order valence-corrected chi connectivity index (χ0v) is 8.03. The van der Waals surface area contributed by atoms with Gasteiger partial charge in [0.15, 0.2) is 0 Å². The molecule has 0 saturated heterocycles. The number of hydrogen-bond donors (Lipinski definition) is 1. The van der Waals surface area contributed by atoms with Gasteiger partial charge in [-0.1, -0.05) is 12.1 Å². The fraction of sp³-hybridized carbons (Fsp3) is 0.333. The third-order valence-corrected chi connectivity index (χ3v) is 2.60. The molecule has 0 bridgehead atoms. The van der Waals surface area contributed by atoms with Crippen LogP contribution in [0.3, 0.4) is 0 Å². The molecule has 0 saturated carbocycles. The largest absolute Gasteiger partial charge is 0.417 e. The van der Waals surface area contributed by atoms with Crippen LogP contribution in [-0.2, 0) is 6.18 Å². The summed E-state index contributed by atoms with van der Waals surface area (Å²) in [4.78, 5) is 0.161. The number of hydrogen-bond acceptors (Lipinski definition) is 2. The first-order valence-corrected chi connectivity index (χ1v) is 4.94. The predicted molar refractivity (Wildman–Crippen MR) is 49.3 cm³/mol. The average molecular weight is 222 g/mol. The minimum atomic E-state index is -4.32. The van der Waals surface area contributed by atoms with Gasteiger partial charge in [-0.2, -0.15) is 13.2 Å². The van der Waals surface area contributed by atoms with Crippen molar-refractivity contribution < 1.29 is 18.3 Å². The molecule has 78 valence electrons. The molecule has 5 heteroatoms. The monoisotopic (exact) mass is 222 g/mol. The Morgan fingerprint density at radius 3 is 2.43 bits per heavy atom. The number of thioether (sulfide) groups is 1. The van der Waals surface area contributed by atoms with Gasteiger partial charge < -0.3 is 5.11 Å². The maximum Gasteiger partial charge on any atom is 0.417 e.